The minimum absolute atomic E-state index is 0.0604. The molecule has 1 aromatic heterocycles. The Bertz CT molecular complexity index is 763. The molecule has 0 radical (unpaired) electrons. The lowest BCUT2D eigenvalue weighted by Crippen LogP contribution is -2.48. The van der Waals surface area contributed by atoms with Gasteiger partial charge in [0.2, 0.25) is 0 Å². The number of fused-ring (bicyclic) bond motifs is 1. The standard InChI is InChI=1S/C19H22N2O4/c1-14-16(4-9-23-14)19(22)21-7-5-20(6-8-21)13-15-2-3-17-18(12-15)25-11-10-24-17/h2-4,9,12H,5-8,10-11,13H2,1H3. The van der Waals surface area contributed by atoms with Crippen LogP contribution in [0.5, 0.6) is 11.5 Å². The number of hydrogen-bond acceptors (Lipinski definition) is 5. The van der Waals surface area contributed by atoms with E-state index in [0.29, 0.717) is 24.5 Å². The minimum Gasteiger partial charge on any atom is -0.486 e. The number of ether oxygens (including phenoxy) is 2. The smallest absolute Gasteiger partial charge is 0.257 e. The van der Waals surface area contributed by atoms with Crippen molar-refractivity contribution < 1.29 is 18.7 Å². The summed E-state index contributed by atoms with van der Waals surface area (Å²) in [6, 6.07) is 7.87. The van der Waals surface area contributed by atoms with Crippen molar-refractivity contribution in [3.05, 3.63) is 47.4 Å². The largest absolute Gasteiger partial charge is 0.486 e. The number of rotatable bonds is 3. The number of benzene rings is 1. The fourth-order valence-electron chi connectivity index (χ4n) is 3.33. The van der Waals surface area contributed by atoms with Gasteiger partial charge in [-0.3, -0.25) is 9.69 Å². The topological polar surface area (TPSA) is 55.2 Å². The van der Waals surface area contributed by atoms with Gasteiger partial charge >= 0.3 is 0 Å². The molecule has 0 aliphatic carbocycles. The Morgan fingerprint density at radius 2 is 1.80 bits per heavy atom. The third-order valence-electron chi connectivity index (χ3n) is 4.76. The second-order valence-corrected chi connectivity index (χ2v) is 6.44. The van der Waals surface area contributed by atoms with Gasteiger partial charge in [-0.05, 0) is 30.7 Å². The van der Waals surface area contributed by atoms with E-state index in [-0.39, 0.29) is 5.91 Å². The van der Waals surface area contributed by atoms with Gasteiger partial charge in [0.15, 0.2) is 11.5 Å². The van der Waals surface area contributed by atoms with E-state index in [1.54, 1.807) is 12.3 Å². The molecule has 6 nitrogen and oxygen atoms in total. The van der Waals surface area contributed by atoms with Crippen LogP contribution in [-0.4, -0.2) is 55.1 Å². The van der Waals surface area contributed by atoms with Crippen molar-refractivity contribution in [2.45, 2.75) is 13.5 Å². The van der Waals surface area contributed by atoms with Crippen molar-refractivity contribution in [2.24, 2.45) is 0 Å². The summed E-state index contributed by atoms with van der Waals surface area (Å²) in [4.78, 5) is 16.8. The monoisotopic (exact) mass is 342 g/mol. The van der Waals surface area contributed by atoms with Gasteiger partial charge in [0.1, 0.15) is 19.0 Å². The summed E-state index contributed by atoms with van der Waals surface area (Å²) >= 11 is 0. The van der Waals surface area contributed by atoms with Crippen LogP contribution in [0.15, 0.2) is 34.9 Å². The van der Waals surface area contributed by atoms with Gasteiger partial charge in [0.25, 0.3) is 5.91 Å². The predicted molar refractivity (Wildman–Crippen MR) is 92.1 cm³/mol. The molecule has 1 amide bonds. The molecule has 0 spiro atoms. The normalized spacial score (nSPS) is 17.6. The van der Waals surface area contributed by atoms with Gasteiger partial charge in [0, 0.05) is 32.7 Å². The summed E-state index contributed by atoms with van der Waals surface area (Å²) in [5.74, 6) is 2.39. The van der Waals surface area contributed by atoms with Crippen LogP contribution < -0.4 is 9.47 Å². The summed E-state index contributed by atoms with van der Waals surface area (Å²) < 4.78 is 16.5. The molecule has 0 atom stereocenters. The molecule has 2 aromatic rings. The Labute approximate surface area is 146 Å². The lowest BCUT2D eigenvalue weighted by molar-refractivity contribution is 0.0626. The molecule has 0 unspecified atom stereocenters. The molecule has 1 fully saturated rings. The van der Waals surface area contributed by atoms with Crippen molar-refractivity contribution in [2.75, 3.05) is 39.4 Å². The van der Waals surface area contributed by atoms with E-state index in [2.05, 4.69) is 17.0 Å². The van der Waals surface area contributed by atoms with Gasteiger partial charge in [-0.2, -0.15) is 0 Å². The number of carbonyl (C=O) groups excluding carboxylic acids is 1. The van der Waals surface area contributed by atoms with Gasteiger partial charge in [-0.15, -0.1) is 0 Å². The molecule has 0 N–H and O–H groups in total. The van der Waals surface area contributed by atoms with Crippen molar-refractivity contribution in [1.29, 1.82) is 0 Å². The van der Waals surface area contributed by atoms with E-state index in [1.165, 1.54) is 5.56 Å². The number of hydrogen-bond donors (Lipinski definition) is 0. The van der Waals surface area contributed by atoms with Crippen LogP contribution in [0.1, 0.15) is 21.7 Å². The molecule has 0 saturated carbocycles. The summed E-state index contributed by atoms with van der Waals surface area (Å²) in [5.41, 5.74) is 1.87. The molecule has 1 saturated heterocycles. The first-order chi connectivity index (χ1) is 12.2. The van der Waals surface area contributed by atoms with Crippen molar-refractivity contribution in [3.8, 4) is 11.5 Å². The van der Waals surface area contributed by atoms with Gasteiger partial charge in [0.05, 0.1) is 11.8 Å². The maximum atomic E-state index is 12.5. The van der Waals surface area contributed by atoms with Crippen LogP contribution >= 0.6 is 0 Å². The number of nitrogens with zero attached hydrogens (tertiary/aromatic N) is 2. The van der Waals surface area contributed by atoms with Gasteiger partial charge in [-0.25, -0.2) is 0 Å². The molecule has 4 rings (SSSR count). The summed E-state index contributed by atoms with van der Waals surface area (Å²) in [6.07, 6.45) is 1.57. The first kappa shape index (κ1) is 16.0. The molecule has 2 aliphatic heterocycles. The number of furan rings is 1. The maximum Gasteiger partial charge on any atom is 0.257 e. The fourth-order valence-corrected chi connectivity index (χ4v) is 3.33. The number of carbonyl (C=O) groups is 1. The van der Waals surface area contributed by atoms with E-state index >= 15 is 0 Å². The Kier molecular flexibility index (Phi) is 4.36. The third kappa shape index (κ3) is 3.35. The van der Waals surface area contributed by atoms with Gasteiger partial charge < -0.3 is 18.8 Å². The van der Waals surface area contributed by atoms with E-state index in [0.717, 1.165) is 44.2 Å². The molecule has 6 heteroatoms. The molecular weight excluding hydrogens is 320 g/mol. The Morgan fingerprint density at radius 3 is 2.52 bits per heavy atom. The fraction of sp³-hybridized carbons (Fsp3) is 0.421. The highest BCUT2D eigenvalue weighted by molar-refractivity contribution is 5.95. The lowest BCUT2D eigenvalue weighted by Gasteiger charge is -2.34. The van der Waals surface area contributed by atoms with E-state index in [9.17, 15) is 4.79 Å². The number of piperazine rings is 1. The van der Waals surface area contributed by atoms with Gasteiger partial charge in [-0.1, -0.05) is 6.07 Å². The van der Waals surface area contributed by atoms with Crippen LogP contribution in [0.25, 0.3) is 0 Å². The highest BCUT2D eigenvalue weighted by Gasteiger charge is 2.24. The van der Waals surface area contributed by atoms with Crippen molar-refractivity contribution >= 4 is 5.91 Å². The second kappa shape index (κ2) is 6.80. The maximum absolute atomic E-state index is 12.5. The van der Waals surface area contributed by atoms with Crippen LogP contribution in [0.4, 0.5) is 0 Å². The van der Waals surface area contributed by atoms with Crippen LogP contribution in [0, 0.1) is 6.92 Å². The first-order valence-corrected chi connectivity index (χ1v) is 8.65. The zero-order valence-corrected chi connectivity index (χ0v) is 14.4. The summed E-state index contributed by atoms with van der Waals surface area (Å²) in [5, 5.41) is 0. The molecular formula is C19H22N2O4. The first-order valence-electron chi connectivity index (χ1n) is 8.65. The molecule has 0 bridgehead atoms. The lowest BCUT2D eigenvalue weighted by atomic mass is 10.1. The molecule has 2 aliphatic rings. The van der Waals surface area contributed by atoms with E-state index in [4.69, 9.17) is 13.9 Å². The van der Waals surface area contributed by atoms with Crippen LogP contribution in [0.3, 0.4) is 0 Å². The zero-order chi connectivity index (χ0) is 17.2. The quantitative estimate of drug-likeness (QED) is 0.857. The van der Waals surface area contributed by atoms with Crippen molar-refractivity contribution in [3.63, 3.8) is 0 Å². The predicted octanol–water partition coefficient (Wildman–Crippen LogP) is 2.32. The molecule has 25 heavy (non-hydrogen) atoms. The number of amides is 1. The SMILES string of the molecule is Cc1occc1C(=O)N1CCN(Cc2ccc3c(c2)OCCO3)CC1. The Balaban J connectivity index is 1.35. The number of aryl methyl sites for hydroxylation is 1. The van der Waals surface area contributed by atoms with E-state index < -0.39 is 0 Å². The van der Waals surface area contributed by atoms with Crippen LogP contribution in [-0.2, 0) is 6.54 Å². The molecule has 132 valence electrons. The molecule has 1 aromatic carbocycles. The Morgan fingerprint density at radius 1 is 1.04 bits per heavy atom. The van der Waals surface area contributed by atoms with Crippen molar-refractivity contribution in [1.82, 2.24) is 9.80 Å². The minimum atomic E-state index is 0.0604. The second-order valence-electron chi connectivity index (χ2n) is 6.44. The average molecular weight is 342 g/mol. The summed E-state index contributed by atoms with van der Waals surface area (Å²) in [6.45, 7) is 7.06. The average Bonchev–Trinajstić information content (AvgIpc) is 3.08. The Hall–Kier alpha value is -2.47. The third-order valence-corrected chi connectivity index (χ3v) is 4.76. The molecule has 3 heterocycles. The summed E-state index contributed by atoms with van der Waals surface area (Å²) in [7, 11) is 0. The highest BCUT2D eigenvalue weighted by Crippen LogP contribution is 2.31. The van der Waals surface area contributed by atoms with Crippen LogP contribution in [0.2, 0.25) is 0 Å². The van der Waals surface area contributed by atoms with E-state index in [1.807, 2.05) is 17.9 Å². The highest BCUT2D eigenvalue weighted by atomic mass is 16.6. The zero-order valence-electron chi connectivity index (χ0n) is 14.4.